The normalized spacial score (nSPS) is 13.7. The standard InChI is InChI=1S/C26H31N3O5/c1-19-7-6-8-20(17-19)24-22(26(34-27-24)28-12-15-33-16-13-28)18-29(11-14-31-2)25(30)21-9-4-5-10-23(21)32-3/h4-10,17H,11-16,18H2,1-3H3. The summed E-state index contributed by atoms with van der Waals surface area (Å²) < 4.78 is 22.2. The summed E-state index contributed by atoms with van der Waals surface area (Å²) >= 11 is 0. The Balaban J connectivity index is 1.74. The van der Waals surface area contributed by atoms with Gasteiger partial charge < -0.3 is 28.5 Å². The summed E-state index contributed by atoms with van der Waals surface area (Å²) in [5, 5.41) is 4.45. The third kappa shape index (κ3) is 5.24. The van der Waals surface area contributed by atoms with Gasteiger partial charge in [0.25, 0.3) is 5.91 Å². The second kappa shape index (κ2) is 11.2. The van der Waals surface area contributed by atoms with Gasteiger partial charge in [-0.1, -0.05) is 41.1 Å². The molecule has 1 saturated heterocycles. The van der Waals surface area contributed by atoms with E-state index in [1.165, 1.54) is 0 Å². The predicted octanol–water partition coefficient (Wildman–Crippen LogP) is 3.78. The van der Waals surface area contributed by atoms with Crippen molar-refractivity contribution in [3.05, 3.63) is 65.2 Å². The maximum atomic E-state index is 13.7. The van der Waals surface area contributed by atoms with E-state index < -0.39 is 0 Å². The minimum absolute atomic E-state index is 0.140. The van der Waals surface area contributed by atoms with Crippen LogP contribution in [-0.4, -0.2) is 69.6 Å². The number of para-hydroxylation sites is 1. The number of aryl methyl sites for hydroxylation is 1. The zero-order chi connectivity index (χ0) is 23.9. The molecule has 34 heavy (non-hydrogen) atoms. The summed E-state index contributed by atoms with van der Waals surface area (Å²) in [5.74, 6) is 1.07. The van der Waals surface area contributed by atoms with Crippen LogP contribution >= 0.6 is 0 Å². The predicted molar refractivity (Wildman–Crippen MR) is 129 cm³/mol. The van der Waals surface area contributed by atoms with Crippen LogP contribution in [0.25, 0.3) is 11.3 Å². The lowest BCUT2D eigenvalue weighted by Gasteiger charge is -2.28. The molecule has 4 rings (SSSR count). The van der Waals surface area contributed by atoms with E-state index in [2.05, 4.69) is 16.1 Å². The van der Waals surface area contributed by atoms with Gasteiger partial charge in [-0.15, -0.1) is 0 Å². The van der Waals surface area contributed by atoms with E-state index in [-0.39, 0.29) is 5.91 Å². The van der Waals surface area contributed by atoms with E-state index in [4.69, 9.17) is 18.7 Å². The Labute approximate surface area is 200 Å². The van der Waals surface area contributed by atoms with Crippen molar-refractivity contribution in [3.63, 3.8) is 0 Å². The van der Waals surface area contributed by atoms with Gasteiger partial charge in [0.2, 0.25) is 5.88 Å². The molecule has 1 aliphatic rings. The summed E-state index contributed by atoms with van der Waals surface area (Å²) in [6.45, 7) is 5.82. The Morgan fingerprint density at radius 2 is 1.91 bits per heavy atom. The monoisotopic (exact) mass is 465 g/mol. The first-order valence-corrected chi connectivity index (χ1v) is 11.4. The summed E-state index contributed by atoms with van der Waals surface area (Å²) in [6.07, 6.45) is 0. The zero-order valence-corrected chi connectivity index (χ0v) is 20.0. The zero-order valence-electron chi connectivity index (χ0n) is 20.0. The van der Waals surface area contributed by atoms with E-state index in [0.29, 0.717) is 63.2 Å². The molecule has 0 bridgehead atoms. The number of methoxy groups -OCH3 is 2. The highest BCUT2D eigenvalue weighted by Crippen LogP contribution is 2.34. The van der Waals surface area contributed by atoms with Crippen molar-refractivity contribution in [2.24, 2.45) is 0 Å². The Bertz CT molecular complexity index is 1110. The van der Waals surface area contributed by atoms with Crippen molar-refractivity contribution >= 4 is 11.8 Å². The number of morpholine rings is 1. The number of nitrogens with zero attached hydrogens (tertiary/aromatic N) is 3. The molecular weight excluding hydrogens is 434 g/mol. The third-order valence-electron chi connectivity index (χ3n) is 5.90. The SMILES string of the molecule is COCCN(Cc1c(-c2cccc(C)c2)noc1N1CCOCC1)C(=O)c1ccccc1OC. The largest absolute Gasteiger partial charge is 0.496 e. The van der Waals surface area contributed by atoms with Crippen LogP contribution in [0.2, 0.25) is 0 Å². The molecule has 1 amide bonds. The molecule has 2 heterocycles. The molecule has 3 aromatic rings. The van der Waals surface area contributed by atoms with Gasteiger partial charge in [0, 0.05) is 32.3 Å². The van der Waals surface area contributed by atoms with Crippen LogP contribution < -0.4 is 9.64 Å². The summed E-state index contributed by atoms with van der Waals surface area (Å²) in [7, 11) is 3.19. The number of amides is 1. The Hall–Kier alpha value is -3.36. The number of benzene rings is 2. The van der Waals surface area contributed by atoms with E-state index in [1.807, 2.05) is 37.3 Å². The summed E-state index contributed by atoms with van der Waals surface area (Å²) in [5.41, 5.74) is 4.19. The molecule has 8 nitrogen and oxygen atoms in total. The minimum Gasteiger partial charge on any atom is -0.496 e. The number of carbonyl (C=O) groups excluding carboxylic acids is 1. The van der Waals surface area contributed by atoms with Gasteiger partial charge in [-0.2, -0.15) is 0 Å². The number of aromatic nitrogens is 1. The molecule has 8 heteroatoms. The molecular formula is C26H31N3O5. The Morgan fingerprint density at radius 3 is 2.65 bits per heavy atom. The van der Waals surface area contributed by atoms with Crippen LogP contribution in [-0.2, 0) is 16.0 Å². The van der Waals surface area contributed by atoms with E-state index in [0.717, 1.165) is 22.4 Å². The lowest BCUT2D eigenvalue weighted by Crippen LogP contribution is -2.38. The lowest BCUT2D eigenvalue weighted by molar-refractivity contribution is 0.0677. The molecule has 1 fully saturated rings. The van der Waals surface area contributed by atoms with Crippen molar-refractivity contribution in [1.29, 1.82) is 0 Å². The first kappa shape index (κ1) is 23.8. The number of rotatable bonds is 9. The van der Waals surface area contributed by atoms with E-state index >= 15 is 0 Å². The van der Waals surface area contributed by atoms with Gasteiger partial charge in [-0.3, -0.25) is 4.79 Å². The van der Waals surface area contributed by atoms with Crippen molar-refractivity contribution < 1.29 is 23.5 Å². The highest BCUT2D eigenvalue weighted by atomic mass is 16.5. The first-order valence-electron chi connectivity index (χ1n) is 11.4. The van der Waals surface area contributed by atoms with Gasteiger partial charge in [-0.05, 0) is 25.1 Å². The van der Waals surface area contributed by atoms with Crippen LogP contribution in [0.3, 0.4) is 0 Å². The van der Waals surface area contributed by atoms with E-state index in [9.17, 15) is 4.79 Å². The molecule has 180 valence electrons. The van der Waals surface area contributed by atoms with Crippen molar-refractivity contribution in [3.8, 4) is 17.0 Å². The molecule has 1 aliphatic heterocycles. The number of anilines is 1. The summed E-state index contributed by atoms with van der Waals surface area (Å²) in [4.78, 5) is 17.5. The third-order valence-corrected chi connectivity index (χ3v) is 5.90. The molecule has 0 spiro atoms. The van der Waals surface area contributed by atoms with Gasteiger partial charge in [-0.25, -0.2) is 0 Å². The van der Waals surface area contributed by atoms with Crippen LogP contribution in [0.15, 0.2) is 53.1 Å². The van der Waals surface area contributed by atoms with Gasteiger partial charge in [0.15, 0.2) is 0 Å². The number of hydrogen-bond acceptors (Lipinski definition) is 7. The number of ether oxygens (including phenoxy) is 3. The molecule has 2 aromatic carbocycles. The molecule has 0 unspecified atom stereocenters. The molecule has 0 N–H and O–H groups in total. The second-order valence-corrected chi connectivity index (χ2v) is 8.20. The molecule has 1 aromatic heterocycles. The first-order chi connectivity index (χ1) is 16.6. The Kier molecular flexibility index (Phi) is 7.82. The topological polar surface area (TPSA) is 77.3 Å². The van der Waals surface area contributed by atoms with Crippen molar-refractivity contribution in [2.75, 3.05) is 58.6 Å². The van der Waals surface area contributed by atoms with E-state index in [1.54, 1.807) is 31.3 Å². The molecule has 0 radical (unpaired) electrons. The highest BCUT2D eigenvalue weighted by molar-refractivity contribution is 5.97. The average molecular weight is 466 g/mol. The van der Waals surface area contributed by atoms with Crippen molar-refractivity contribution in [2.45, 2.75) is 13.5 Å². The van der Waals surface area contributed by atoms with Crippen LogP contribution in [0.5, 0.6) is 5.75 Å². The maximum Gasteiger partial charge on any atom is 0.258 e. The summed E-state index contributed by atoms with van der Waals surface area (Å²) in [6, 6.07) is 15.4. The highest BCUT2D eigenvalue weighted by Gasteiger charge is 2.28. The van der Waals surface area contributed by atoms with Crippen LogP contribution in [0, 0.1) is 6.92 Å². The molecule has 0 aliphatic carbocycles. The second-order valence-electron chi connectivity index (χ2n) is 8.20. The minimum atomic E-state index is -0.140. The number of hydrogen-bond donors (Lipinski definition) is 0. The Morgan fingerprint density at radius 1 is 1.12 bits per heavy atom. The smallest absolute Gasteiger partial charge is 0.258 e. The fourth-order valence-corrected chi connectivity index (χ4v) is 4.11. The maximum absolute atomic E-state index is 13.7. The lowest BCUT2D eigenvalue weighted by atomic mass is 10.0. The van der Waals surface area contributed by atoms with Gasteiger partial charge in [0.05, 0.1) is 44.6 Å². The van der Waals surface area contributed by atoms with Gasteiger partial charge in [0.1, 0.15) is 11.4 Å². The van der Waals surface area contributed by atoms with Gasteiger partial charge >= 0.3 is 0 Å². The fraction of sp³-hybridized carbons (Fsp3) is 0.385. The number of carbonyl (C=O) groups is 1. The van der Waals surface area contributed by atoms with Crippen LogP contribution in [0.4, 0.5) is 5.88 Å². The molecule has 0 atom stereocenters. The quantitative estimate of drug-likeness (QED) is 0.476. The fourth-order valence-electron chi connectivity index (χ4n) is 4.11. The average Bonchev–Trinajstić information content (AvgIpc) is 3.30. The van der Waals surface area contributed by atoms with Crippen molar-refractivity contribution in [1.82, 2.24) is 10.1 Å². The van der Waals surface area contributed by atoms with Crippen LogP contribution in [0.1, 0.15) is 21.5 Å². The molecule has 0 saturated carbocycles.